The average molecular weight is 167 g/mol. The fraction of sp³-hybridized carbons (Fsp3) is 0.727. The molecule has 0 unspecified atom stereocenters. The van der Waals surface area contributed by atoms with E-state index in [1.807, 2.05) is 0 Å². The Bertz CT molecular complexity index is 141. The van der Waals surface area contributed by atoms with Gasteiger partial charge in [0.05, 0.1) is 0 Å². The normalized spacial score (nSPS) is 10.6. The molecule has 0 bridgehead atoms. The Morgan fingerprint density at radius 2 is 2.00 bits per heavy atom. The van der Waals surface area contributed by atoms with Crippen LogP contribution in [0.5, 0.6) is 0 Å². The van der Waals surface area contributed by atoms with Crippen LogP contribution in [0.2, 0.25) is 0 Å². The van der Waals surface area contributed by atoms with Crippen LogP contribution in [0.3, 0.4) is 0 Å². The zero-order valence-electron chi connectivity index (χ0n) is 8.64. The number of rotatable bonds is 6. The highest BCUT2D eigenvalue weighted by molar-refractivity contribution is 5.57. The molecule has 0 aromatic carbocycles. The van der Waals surface area contributed by atoms with E-state index >= 15 is 0 Å². The highest BCUT2D eigenvalue weighted by Crippen LogP contribution is 1.95. The molecule has 70 valence electrons. The first kappa shape index (κ1) is 11.4. The first-order valence-electron chi connectivity index (χ1n) is 4.89. The van der Waals surface area contributed by atoms with E-state index in [4.69, 9.17) is 0 Å². The summed E-state index contributed by atoms with van der Waals surface area (Å²) in [5.41, 5.74) is 1.40. The zero-order chi connectivity index (χ0) is 9.23. The molecule has 0 aromatic heterocycles. The molecule has 1 heteroatoms. The molecule has 0 spiro atoms. The molecule has 0 saturated heterocycles. The van der Waals surface area contributed by atoms with Gasteiger partial charge in [0.2, 0.25) is 0 Å². The Hall–Kier alpha value is -0.590. The second-order valence-corrected chi connectivity index (χ2v) is 3.30. The van der Waals surface area contributed by atoms with Gasteiger partial charge in [0.15, 0.2) is 0 Å². The van der Waals surface area contributed by atoms with Crippen LogP contribution in [0.15, 0.2) is 16.6 Å². The predicted molar refractivity (Wildman–Crippen MR) is 56.9 cm³/mol. The van der Waals surface area contributed by atoms with Gasteiger partial charge in [0.25, 0.3) is 0 Å². The fourth-order valence-electron chi connectivity index (χ4n) is 0.879. The topological polar surface area (TPSA) is 12.4 Å². The third-order valence-corrected chi connectivity index (χ3v) is 1.62. The van der Waals surface area contributed by atoms with Crippen molar-refractivity contribution in [3.63, 3.8) is 0 Å². The maximum absolute atomic E-state index is 4.30. The van der Waals surface area contributed by atoms with E-state index < -0.39 is 0 Å². The van der Waals surface area contributed by atoms with Crippen LogP contribution in [0.4, 0.5) is 0 Å². The van der Waals surface area contributed by atoms with Crippen LogP contribution in [0.1, 0.15) is 46.5 Å². The van der Waals surface area contributed by atoms with E-state index in [9.17, 15) is 0 Å². The van der Waals surface area contributed by atoms with Crippen molar-refractivity contribution in [1.82, 2.24) is 0 Å². The Balaban J connectivity index is 3.19. The quantitative estimate of drug-likeness (QED) is 0.325. The highest BCUT2D eigenvalue weighted by Gasteiger charge is 1.80. The summed E-state index contributed by atoms with van der Waals surface area (Å²) in [7, 11) is 0. The van der Waals surface area contributed by atoms with Gasteiger partial charge in [-0.3, -0.25) is 4.99 Å². The molecule has 0 aliphatic carbocycles. The van der Waals surface area contributed by atoms with Crippen LogP contribution in [0.25, 0.3) is 0 Å². The monoisotopic (exact) mass is 167 g/mol. The van der Waals surface area contributed by atoms with Crippen molar-refractivity contribution in [3.8, 4) is 0 Å². The van der Waals surface area contributed by atoms with Crippen LogP contribution >= 0.6 is 0 Å². The maximum Gasteiger partial charge on any atom is 0.0385 e. The molecule has 0 radical (unpaired) electrons. The van der Waals surface area contributed by atoms with Crippen molar-refractivity contribution in [3.05, 3.63) is 11.6 Å². The van der Waals surface area contributed by atoms with E-state index in [-0.39, 0.29) is 0 Å². The van der Waals surface area contributed by atoms with Crippen molar-refractivity contribution in [1.29, 1.82) is 0 Å². The van der Waals surface area contributed by atoms with E-state index in [2.05, 4.69) is 38.1 Å². The van der Waals surface area contributed by atoms with E-state index in [1.54, 1.807) is 0 Å². The molecule has 0 amide bonds. The minimum atomic E-state index is 1.01. The summed E-state index contributed by atoms with van der Waals surface area (Å²) in [5, 5.41) is 0. The van der Waals surface area contributed by atoms with Crippen LogP contribution in [-0.2, 0) is 0 Å². The summed E-state index contributed by atoms with van der Waals surface area (Å²) in [4.78, 5) is 4.30. The van der Waals surface area contributed by atoms with E-state index in [0.717, 1.165) is 19.4 Å². The summed E-state index contributed by atoms with van der Waals surface area (Å²) in [6, 6.07) is 0. The van der Waals surface area contributed by atoms with Crippen LogP contribution < -0.4 is 0 Å². The molecule has 0 aliphatic heterocycles. The molecular weight excluding hydrogens is 146 g/mol. The predicted octanol–water partition coefficient (Wildman–Crippen LogP) is 3.60. The highest BCUT2D eigenvalue weighted by atomic mass is 14.7. The molecule has 0 saturated carbocycles. The number of nitrogens with zero attached hydrogens (tertiary/aromatic N) is 1. The van der Waals surface area contributed by atoms with Gasteiger partial charge in [-0.25, -0.2) is 0 Å². The van der Waals surface area contributed by atoms with E-state index in [1.165, 1.54) is 18.4 Å². The van der Waals surface area contributed by atoms with Gasteiger partial charge in [0.1, 0.15) is 0 Å². The minimum Gasteiger partial charge on any atom is -0.298 e. The first-order valence-corrected chi connectivity index (χ1v) is 4.89. The van der Waals surface area contributed by atoms with Gasteiger partial charge in [-0.15, -0.1) is 0 Å². The number of hydrogen-bond acceptors (Lipinski definition) is 1. The third-order valence-electron chi connectivity index (χ3n) is 1.62. The zero-order valence-corrected chi connectivity index (χ0v) is 8.64. The minimum absolute atomic E-state index is 1.01. The summed E-state index contributed by atoms with van der Waals surface area (Å²) < 4.78 is 0. The standard InChI is InChI=1S/C11H21N/c1-4-5-9-12-10-7-6-8-11(2)3/h8,10H,4-7,9H2,1-3H3. The van der Waals surface area contributed by atoms with Gasteiger partial charge in [0, 0.05) is 6.54 Å². The van der Waals surface area contributed by atoms with Gasteiger partial charge in [-0.1, -0.05) is 25.0 Å². The molecule has 0 N–H and O–H groups in total. The number of allylic oxidation sites excluding steroid dienone is 2. The second-order valence-electron chi connectivity index (χ2n) is 3.30. The lowest BCUT2D eigenvalue weighted by molar-refractivity contribution is 0.808. The van der Waals surface area contributed by atoms with E-state index in [0.29, 0.717) is 0 Å². The molecule has 0 fully saturated rings. The molecule has 0 aliphatic rings. The van der Waals surface area contributed by atoms with Crippen molar-refractivity contribution in [2.75, 3.05) is 6.54 Å². The van der Waals surface area contributed by atoms with Crippen LogP contribution in [0, 0.1) is 0 Å². The summed E-state index contributed by atoms with van der Waals surface area (Å²) in [5.74, 6) is 0. The fourth-order valence-corrected chi connectivity index (χ4v) is 0.879. The average Bonchev–Trinajstić information content (AvgIpc) is 2.02. The number of hydrogen-bond donors (Lipinski definition) is 0. The molecular formula is C11H21N. The lowest BCUT2D eigenvalue weighted by Gasteiger charge is -1.90. The molecule has 0 aromatic rings. The van der Waals surface area contributed by atoms with Gasteiger partial charge in [-0.2, -0.15) is 0 Å². The molecule has 0 rings (SSSR count). The van der Waals surface area contributed by atoms with Crippen molar-refractivity contribution >= 4 is 6.21 Å². The van der Waals surface area contributed by atoms with Crippen molar-refractivity contribution < 1.29 is 0 Å². The lowest BCUT2D eigenvalue weighted by atomic mass is 10.2. The molecule has 12 heavy (non-hydrogen) atoms. The van der Waals surface area contributed by atoms with Crippen molar-refractivity contribution in [2.24, 2.45) is 4.99 Å². The first-order chi connectivity index (χ1) is 5.77. The maximum atomic E-state index is 4.30. The van der Waals surface area contributed by atoms with Crippen LogP contribution in [-0.4, -0.2) is 12.8 Å². The van der Waals surface area contributed by atoms with Gasteiger partial charge < -0.3 is 0 Å². The second kappa shape index (κ2) is 8.51. The summed E-state index contributed by atoms with van der Waals surface area (Å²) in [6.45, 7) is 7.46. The lowest BCUT2D eigenvalue weighted by Crippen LogP contribution is -1.81. The Morgan fingerprint density at radius 3 is 2.58 bits per heavy atom. The Morgan fingerprint density at radius 1 is 1.25 bits per heavy atom. The SMILES string of the molecule is CCCCN=CCCC=C(C)C. The molecule has 1 nitrogen and oxygen atoms in total. The molecule has 0 atom stereocenters. The summed E-state index contributed by atoms with van der Waals surface area (Å²) in [6.07, 6.45) is 9.00. The summed E-state index contributed by atoms with van der Waals surface area (Å²) >= 11 is 0. The smallest absolute Gasteiger partial charge is 0.0385 e. The number of unbranched alkanes of at least 4 members (excludes halogenated alkanes) is 2. The third kappa shape index (κ3) is 9.41. The number of aliphatic imine (C=N–C) groups is 1. The molecule has 0 heterocycles. The largest absolute Gasteiger partial charge is 0.298 e. The Labute approximate surface area is 76.6 Å². The van der Waals surface area contributed by atoms with Gasteiger partial charge in [-0.05, 0) is 39.3 Å². The van der Waals surface area contributed by atoms with Crippen molar-refractivity contribution in [2.45, 2.75) is 46.5 Å². The van der Waals surface area contributed by atoms with Gasteiger partial charge >= 0.3 is 0 Å². The Kier molecular flexibility index (Phi) is 8.09.